The van der Waals surface area contributed by atoms with E-state index in [1.54, 1.807) is 26.8 Å². The van der Waals surface area contributed by atoms with Gasteiger partial charge in [0.25, 0.3) is 0 Å². The monoisotopic (exact) mass is 638 g/mol. The van der Waals surface area contributed by atoms with Crippen LogP contribution in [-0.4, -0.2) is 75.1 Å². The molecule has 4 saturated heterocycles. The number of hydrogen-bond acceptors (Lipinski definition) is 13. The Labute approximate surface area is 262 Å². The number of esters is 3. The number of furan rings is 1. The number of epoxide rings is 1. The number of hydrogen-bond donors (Lipinski definition) is 3. The molecule has 0 radical (unpaired) electrons. The zero-order valence-electron chi connectivity index (χ0n) is 25.6. The molecule has 1 aromatic carbocycles. The average molecular weight is 639 g/mol. The van der Waals surface area contributed by atoms with Crippen molar-refractivity contribution in [3.63, 3.8) is 0 Å². The number of phenolic OH excluding ortho intramolecular Hbond substituents is 3. The summed E-state index contributed by atoms with van der Waals surface area (Å²) in [4.78, 5) is 55.1. The summed E-state index contributed by atoms with van der Waals surface area (Å²) >= 11 is 0. The maximum atomic E-state index is 15.1. The lowest BCUT2D eigenvalue weighted by molar-refractivity contribution is -0.251. The average Bonchev–Trinajstić information content (AvgIpc) is 3.46. The van der Waals surface area contributed by atoms with Crippen LogP contribution < -0.4 is 0 Å². The number of ketones is 1. The van der Waals surface area contributed by atoms with E-state index in [0.29, 0.717) is 18.4 Å². The molecule has 0 bridgehead atoms. The summed E-state index contributed by atoms with van der Waals surface area (Å²) in [6.45, 7) is 7.18. The van der Waals surface area contributed by atoms with E-state index in [1.807, 2.05) is 6.92 Å². The van der Waals surface area contributed by atoms with Crippen LogP contribution in [0.5, 0.6) is 17.2 Å². The second-order valence-corrected chi connectivity index (χ2v) is 14.6. The third-order valence-corrected chi connectivity index (χ3v) is 12.2. The summed E-state index contributed by atoms with van der Waals surface area (Å²) in [5, 5.41) is 30.1. The van der Waals surface area contributed by atoms with Crippen molar-refractivity contribution in [1.82, 2.24) is 0 Å². The van der Waals surface area contributed by atoms with Gasteiger partial charge in [0.1, 0.15) is 18.3 Å². The summed E-state index contributed by atoms with van der Waals surface area (Å²) in [6, 6.07) is 3.57. The molecule has 5 heterocycles. The Balaban J connectivity index is 1.33. The summed E-state index contributed by atoms with van der Waals surface area (Å²) < 4.78 is 36.2. The lowest BCUT2D eigenvalue weighted by atomic mass is 9.36. The fourth-order valence-electron chi connectivity index (χ4n) is 10.6. The number of aromatic hydroxyl groups is 3. The predicted octanol–water partition coefficient (Wildman–Crippen LogP) is 3.09. The number of carbonyl (C=O) groups excluding carboxylic acids is 4. The molecule has 6 fully saturated rings. The Morgan fingerprint density at radius 1 is 1.00 bits per heavy atom. The second-order valence-electron chi connectivity index (χ2n) is 14.6. The smallest absolute Gasteiger partial charge is 0.339 e. The summed E-state index contributed by atoms with van der Waals surface area (Å²) in [5.74, 6) is -6.28. The van der Waals surface area contributed by atoms with Gasteiger partial charge >= 0.3 is 17.9 Å². The number of rotatable bonds is 3. The fourth-order valence-corrected chi connectivity index (χ4v) is 10.6. The van der Waals surface area contributed by atoms with Gasteiger partial charge in [-0.3, -0.25) is 9.59 Å². The fraction of sp³-hybridized carbons (Fsp3) is 0.576. The van der Waals surface area contributed by atoms with Gasteiger partial charge in [0.15, 0.2) is 35.2 Å². The van der Waals surface area contributed by atoms with Gasteiger partial charge in [-0.15, -0.1) is 0 Å². The molecule has 8 rings (SSSR count). The minimum Gasteiger partial charge on any atom is -0.504 e. The molecule has 3 N–H and O–H groups in total. The first-order valence-electron chi connectivity index (χ1n) is 15.4. The van der Waals surface area contributed by atoms with E-state index < -0.39 is 105 Å². The first kappa shape index (κ1) is 29.3. The zero-order chi connectivity index (χ0) is 32.8. The molecule has 0 unspecified atom stereocenters. The van der Waals surface area contributed by atoms with Crippen LogP contribution in [0.4, 0.5) is 0 Å². The van der Waals surface area contributed by atoms with Crippen molar-refractivity contribution in [2.24, 2.45) is 28.1 Å². The van der Waals surface area contributed by atoms with Crippen LogP contribution >= 0.6 is 0 Å². The number of cyclic esters (lactones) is 2. The molecule has 2 saturated carbocycles. The highest BCUT2D eigenvalue weighted by Gasteiger charge is 2.91. The molecule has 13 nitrogen and oxygen atoms in total. The Bertz CT molecular complexity index is 1690. The molecule has 0 amide bonds. The van der Waals surface area contributed by atoms with Gasteiger partial charge in [0, 0.05) is 21.8 Å². The molecule has 46 heavy (non-hydrogen) atoms. The minimum absolute atomic E-state index is 0.0649. The highest BCUT2D eigenvalue weighted by Crippen LogP contribution is 2.80. The maximum Gasteiger partial charge on any atom is 0.339 e. The van der Waals surface area contributed by atoms with Gasteiger partial charge < -0.3 is 43.4 Å². The van der Waals surface area contributed by atoms with E-state index in [-0.39, 0.29) is 18.6 Å². The zero-order valence-corrected chi connectivity index (χ0v) is 25.6. The molecule has 6 aliphatic rings. The quantitative estimate of drug-likeness (QED) is 0.192. The largest absolute Gasteiger partial charge is 0.504 e. The van der Waals surface area contributed by atoms with Gasteiger partial charge in [-0.1, -0.05) is 13.8 Å². The number of ether oxygens (including phenoxy) is 5. The molecular formula is C33H34O13. The van der Waals surface area contributed by atoms with Crippen LogP contribution in [0.3, 0.4) is 0 Å². The van der Waals surface area contributed by atoms with Gasteiger partial charge in [-0.25, -0.2) is 9.59 Å². The standard InChI is InChI=1S/C33H34O13/c1-29(2)23-22(38)25(44-27(39)15-9-16(34)21(37)17(35)10-15)31(4)18(32(23)13-42-20(36)11-19(32)45-29)5-7-30(3)24(14-6-8-41-12-14)43-28(40)26-33(30,31)46-26/h6,8-10,12,18-19,23-26,34-35,37H,5,7,11,13H2,1-4H3/t18-,19-,23-,24-,25-,26+,30-,31-,32-,33+/m0/s1. The predicted molar refractivity (Wildman–Crippen MR) is 150 cm³/mol. The second kappa shape index (κ2) is 8.82. The minimum atomic E-state index is -1.50. The van der Waals surface area contributed by atoms with Crippen molar-refractivity contribution in [2.75, 3.05) is 6.61 Å². The highest BCUT2D eigenvalue weighted by atomic mass is 16.7. The van der Waals surface area contributed by atoms with Crippen LogP contribution in [-0.2, 0) is 38.1 Å². The third kappa shape index (κ3) is 3.22. The first-order valence-corrected chi connectivity index (χ1v) is 15.4. The first-order chi connectivity index (χ1) is 21.6. The van der Waals surface area contributed by atoms with Crippen molar-refractivity contribution in [3.8, 4) is 17.2 Å². The van der Waals surface area contributed by atoms with Crippen molar-refractivity contribution >= 4 is 23.7 Å². The highest BCUT2D eigenvalue weighted by molar-refractivity contribution is 5.97. The Morgan fingerprint density at radius 2 is 1.72 bits per heavy atom. The normalized spacial score (nSPS) is 43.2. The van der Waals surface area contributed by atoms with E-state index in [0.717, 1.165) is 12.1 Å². The number of phenols is 3. The molecule has 244 valence electrons. The van der Waals surface area contributed by atoms with Crippen molar-refractivity contribution in [3.05, 3.63) is 41.9 Å². The van der Waals surface area contributed by atoms with Crippen molar-refractivity contribution in [2.45, 2.75) is 82.6 Å². The Kier molecular flexibility index (Phi) is 5.62. The molecule has 4 aliphatic heterocycles. The maximum absolute atomic E-state index is 15.1. The molecule has 2 spiro atoms. The van der Waals surface area contributed by atoms with E-state index in [4.69, 9.17) is 28.1 Å². The molecule has 13 heteroatoms. The van der Waals surface area contributed by atoms with Crippen LogP contribution in [0.2, 0.25) is 0 Å². The van der Waals surface area contributed by atoms with E-state index in [1.165, 1.54) is 12.5 Å². The molecule has 1 aromatic heterocycles. The molecular weight excluding hydrogens is 604 g/mol. The van der Waals surface area contributed by atoms with Gasteiger partial charge in [-0.2, -0.15) is 0 Å². The van der Waals surface area contributed by atoms with Crippen molar-refractivity contribution in [1.29, 1.82) is 0 Å². The van der Waals surface area contributed by atoms with Gasteiger partial charge in [-0.05, 0) is 50.8 Å². The number of Topliss-reactive ketones (excluding diaryl/α,β-unsaturated/α-hetero) is 1. The molecule has 10 atom stereocenters. The van der Waals surface area contributed by atoms with Crippen LogP contribution in [0.15, 0.2) is 35.1 Å². The van der Waals surface area contributed by atoms with Crippen LogP contribution in [0.25, 0.3) is 0 Å². The number of benzene rings is 1. The SMILES string of the molecule is CC1(C)O[C@H]2CC(=O)OC[C@]23[C@H]2CC[C@@]4(C)[C@H](c5ccoc5)OC(=O)[C@H]5O[C@]54[C@]2(C)[C@@H](OC(=O)c2cc(O)c(O)c(O)c2)C(=O)[C@@H]13. The summed E-state index contributed by atoms with van der Waals surface area (Å²) in [7, 11) is 0. The lowest BCUT2D eigenvalue weighted by Crippen LogP contribution is -2.76. The summed E-state index contributed by atoms with van der Waals surface area (Å²) in [6.07, 6.45) is -0.200. The van der Waals surface area contributed by atoms with Gasteiger partial charge in [0.05, 0.1) is 42.1 Å². The lowest BCUT2D eigenvalue weighted by Gasteiger charge is -2.66. The van der Waals surface area contributed by atoms with E-state index in [9.17, 15) is 29.7 Å². The van der Waals surface area contributed by atoms with Gasteiger partial charge in [0.2, 0.25) is 0 Å². The molecule has 2 aliphatic carbocycles. The van der Waals surface area contributed by atoms with E-state index >= 15 is 4.79 Å². The Morgan fingerprint density at radius 3 is 2.39 bits per heavy atom. The van der Waals surface area contributed by atoms with Crippen LogP contribution in [0, 0.1) is 28.1 Å². The topological polar surface area (TPSA) is 192 Å². The van der Waals surface area contributed by atoms with Crippen molar-refractivity contribution < 1.29 is 62.6 Å². The third-order valence-electron chi connectivity index (χ3n) is 12.2. The summed E-state index contributed by atoms with van der Waals surface area (Å²) in [5.41, 5.74) is -5.45. The Hall–Kier alpha value is -4.10. The number of fused-ring (bicyclic) bond motifs is 1. The molecule has 2 aromatic rings. The van der Waals surface area contributed by atoms with E-state index in [2.05, 4.69) is 0 Å². The van der Waals surface area contributed by atoms with Crippen LogP contribution in [0.1, 0.15) is 69.0 Å². The number of carbonyl (C=O) groups is 4.